The molecule has 2 heterocycles. The maximum atomic E-state index is 11.2. The van der Waals surface area contributed by atoms with Crippen molar-refractivity contribution in [1.29, 1.82) is 0 Å². The number of hydrogen-bond acceptors (Lipinski definition) is 4. The minimum absolute atomic E-state index is 0.246. The summed E-state index contributed by atoms with van der Waals surface area (Å²) in [6.07, 6.45) is 3.40. The van der Waals surface area contributed by atoms with Gasteiger partial charge in [-0.25, -0.2) is 9.78 Å². The first kappa shape index (κ1) is 11.9. The minimum Gasteiger partial charge on any atom is -0.478 e. The highest BCUT2D eigenvalue weighted by molar-refractivity contribution is 5.94. The molecule has 0 bridgehead atoms. The van der Waals surface area contributed by atoms with E-state index < -0.39 is 5.97 Å². The van der Waals surface area contributed by atoms with E-state index in [1.165, 1.54) is 0 Å². The molecule has 92 valence electrons. The number of hydrogen-bond donors (Lipinski definition) is 2. The first-order valence-electron chi connectivity index (χ1n) is 5.71. The zero-order valence-corrected chi connectivity index (χ0v) is 9.77. The van der Waals surface area contributed by atoms with Crippen molar-refractivity contribution in [1.82, 2.24) is 4.98 Å². The predicted octanol–water partition coefficient (Wildman–Crippen LogP) is 1.68. The number of carbonyl (C=O) groups is 1. The van der Waals surface area contributed by atoms with E-state index in [2.05, 4.69) is 10.3 Å². The molecule has 1 aromatic heterocycles. The van der Waals surface area contributed by atoms with Crippen LogP contribution in [-0.4, -0.2) is 35.3 Å². The molecule has 0 spiro atoms. The van der Waals surface area contributed by atoms with Gasteiger partial charge in [0, 0.05) is 25.5 Å². The molecule has 0 saturated carbocycles. The zero-order chi connectivity index (χ0) is 12.3. The van der Waals surface area contributed by atoms with Crippen LogP contribution in [0.1, 0.15) is 28.8 Å². The Morgan fingerprint density at radius 1 is 1.53 bits per heavy atom. The lowest BCUT2D eigenvalue weighted by molar-refractivity contribution is 0.0696. The molecular formula is C12H16N2O3. The summed E-state index contributed by atoms with van der Waals surface area (Å²) in [5.74, 6) is -0.477. The average Bonchev–Trinajstić information content (AvgIpc) is 2.30. The molecule has 0 unspecified atom stereocenters. The van der Waals surface area contributed by atoms with Gasteiger partial charge in [0.1, 0.15) is 11.4 Å². The molecule has 0 atom stereocenters. The van der Waals surface area contributed by atoms with Gasteiger partial charge < -0.3 is 15.2 Å². The largest absolute Gasteiger partial charge is 0.478 e. The minimum atomic E-state index is -0.940. The van der Waals surface area contributed by atoms with Crippen molar-refractivity contribution in [3.63, 3.8) is 0 Å². The molecule has 2 N–H and O–H groups in total. The van der Waals surface area contributed by atoms with Crippen LogP contribution in [0.5, 0.6) is 0 Å². The quantitative estimate of drug-likeness (QED) is 0.835. The standard InChI is InChI=1S/C12H16N2O3/c1-8-2-5-13-11(10(8)12(15)16)14-9-3-6-17-7-4-9/h2,5,9H,3-4,6-7H2,1H3,(H,13,14)(H,15,16). The van der Waals surface area contributed by atoms with E-state index in [1.54, 1.807) is 19.2 Å². The fraction of sp³-hybridized carbons (Fsp3) is 0.500. The van der Waals surface area contributed by atoms with Crippen molar-refractivity contribution in [2.45, 2.75) is 25.8 Å². The lowest BCUT2D eigenvalue weighted by Crippen LogP contribution is -2.29. The maximum absolute atomic E-state index is 11.2. The van der Waals surface area contributed by atoms with Gasteiger partial charge in [0.25, 0.3) is 0 Å². The monoisotopic (exact) mass is 236 g/mol. The van der Waals surface area contributed by atoms with Gasteiger partial charge in [0.05, 0.1) is 0 Å². The number of ether oxygens (including phenoxy) is 1. The van der Waals surface area contributed by atoms with Gasteiger partial charge in [-0.15, -0.1) is 0 Å². The van der Waals surface area contributed by atoms with Gasteiger partial charge in [0.15, 0.2) is 0 Å². The lowest BCUT2D eigenvalue weighted by Gasteiger charge is -2.24. The number of anilines is 1. The van der Waals surface area contributed by atoms with Gasteiger partial charge in [-0.2, -0.15) is 0 Å². The molecule has 1 fully saturated rings. The Hall–Kier alpha value is -1.62. The van der Waals surface area contributed by atoms with Gasteiger partial charge >= 0.3 is 5.97 Å². The van der Waals surface area contributed by atoms with E-state index in [-0.39, 0.29) is 11.6 Å². The number of aromatic carboxylic acids is 1. The summed E-state index contributed by atoms with van der Waals surface area (Å²) >= 11 is 0. The van der Waals surface area contributed by atoms with E-state index in [0.717, 1.165) is 18.4 Å². The van der Waals surface area contributed by atoms with Gasteiger partial charge in [-0.1, -0.05) is 0 Å². The van der Waals surface area contributed by atoms with Crippen LogP contribution >= 0.6 is 0 Å². The second-order valence-corrected chi connectivity index (χ2v) is 4.19. The SMILES string of the molecule is Cc1ccnc(NC2CCOCC2)c1C(=O)O. The van der Waals surface area contributed by atoms with Crippen molar-refractivity contribution in [2.24, 2.45) is 0 Å². The highest BCUT2D eigenvalue weighted by Crippen LogP contribution is 2.20. The first-order valence-corrected chi connectivity index (χ1v) is 5.71. The van der Waals surface area contributed by atoms with Crippen LogP contribution in [0.15, 0.2) is 12.3 Å². The molecule has 1 aromatic rings. The molecule has 0 amide bonds. The smallest absolute Gasteiger partial charge is 0.339 e. The van der Waals surface area contributed by atoms with Crippen LogP contribution in [0.3, 0.4) is 0 Å². The molecule has 17 heavy (non-hydrogen) atoms. The summed E-state index contributed by atoms with van der Waals surface area (Å²) in [5.41, 5.74) is 0.987. The van der Waals surface area contributed by atoms with Crippen molar-refractivity contribution < 1.29 is 14.6 Å². The molecule has 2 rings (SSSR count). The number of nitrogens with zero attached hydrogens (tertiary/aromatic N) is 1. The summed E-state index contributed by atoms with van der Waals surface area (Å²) in [5, 5.41) is 12.4. The molecule has 0 radical (unpaired) electrons. The Kier molecular flexibility index (Phi) is 3.58. The number of carboxylic acids is 1. The Morgan fingerprint density at radius 2 is 2.24 bits per heavy atom. The van der Waals surface area contributed by atoms with E-state index in [4.69, 9.17) is 4.74 Å². The number of carboxylic acid groups (broad SMARTS) is 1. The topological polar surface area (TPSA) is 71.5 Å². The number of pyridine rings is 1. The zero-order valence-electron chi connectivity index (χ0n) is 9.77. The second kappa shape index (κ2) is 5.14. The summed E-state index contributed by atoms with van der Waals surface area (Å²) in [7, 11) is 0. The number of rotatable bonds is 3. The third-order valence-corrected chi connectivity index (χ3v) is 2.94. The van der Waals surface area contributed by atoms with Crippen LogP contribution in [0, 0.1) is 6.92 Å². The Bertz CT molecular complexity index is 414. The summed E-state index contributed by atoms with van der Waals surface area (Å²) in [6, 6.07) is 1.95. The number of nitrogens with one attached hydrogen (secondary N) is 1. The molecule has 0 aromatic carbocycles. The fourth-order valence-electron chi connectivity index (χ4n) is 1.97. The van der Waals surface area contributed by atoms with Crippen molar-refractivity contribution in [2.75, 3.05) is 18.5 Å². The Balaban J connectivity index is 2.19. The van der Waals surface area contributed by atoms with Crippen LogP contribution < -0.4 is 5.32 Å². The Morgan fingerprint density at radius 3 is 2.88 bits per heavy atom. The van der Waals surface area contributed by atoms with Gasteiger partial charge in [-0.3, -0.25) is 0 Å². The van der Waals surface area contributed by atoms with E-state index in [0.29, 0.717) is 19.0 Å². The normalized spacial score (nSPS) is 16.8. The summed E-state index contributed by atoms with van der Waals surface area (Å²) in [6.45, 7) is 3.21. The van der Waals surface area contributed by atoms with Crippen molar-refractivity contribution in [3.05, 3.63) is 23.4 Å². The van der Waals surface area contributed by atoms with Crippen LogP contribution in [0.25, 0.3) is 0 Å². The number of aromatic nitrogens is 1. The summed E-state index contributed by atoms with van der Waals surface area (Å²) in [4.78, 5) is 15.3. The average molecular weight is 236 g/mol. The van der Waals surface area contributed by atoms with E-state index in [1.807, 2.05) is 0 Å². The molecular weight excluding hydrogens is 220 g/mol. The van der Waals surface area contributed by atoms with Crippen molar-refractivity contribution >= 4 is 11.8 Å². The highest BCUT2D eigenvalue weighted by Gasteiger charge is 2.19. The van der Waals surface area contributed by atoms with E-state index in [9.17, 15) is 9.90 Å². The highest BCUT2D eigenvalue weighted by atomic mass is 16.5. The number of aryl methyl sites for hydroxylation is 1. The van der Waals surface area contributed by atoms with Gasteiger partial charge in [0.2, 0.25) is 0 Å². The second-order valence-electron chi connectivity index (χ2n) is 4.19. The van der Waals surface area contributed by atoms with E-state index >= 15 is 0 Å². The predicted molar refractivity (Wildman–Crippen MR) is 63.4 cm³/mol. The molecule has 5 heteroatoms. The maximum Gasteiger partial charge on any atom is 0.339 e. The molecule has 1 saturated heterocycles. The fourth-order valence-corrected chi connectivity index (χ4v) is 1.97. The first-order chi connectivity index (χ1) is 8.18. The molecule has 1 aliphatic heterocycles. The van der Waals surface area contributed by atoms with Crippen LogP contribution in [0.4, 0.5) is 5.82 Å². The molecule has 5 nitrogen and oxygen atoms in total. The Labute approximate surface area is 99.8 Å². The van der Waals surface area contributed by atoms with Crippen LogP contribution in [-0.2, 0) is 4.74 Å². The third kappa shape index (κ3) is 2.74. The molecule has 1 aliphatic rings. The van der Waals surface area contributed by atoms with Crippen LogP contribution in [0.2, 0.25) is 0 Å². The van der Waals surface area contributed by atoms with Crippen molar-refractivity contribution in [3.8, 4) is 0 Å². The molecule has 0 aliphatic carbocycles. The third-order valence-electron chi connectivity index (χ3n) is 2.94. The van der Waals surface area contributed by atoms with Gasteiger partial charge in [-0.05, 0) is 31.4 Å². The lowest BCUT2D eigenvalue weighted by atomic mass is 10.1. The summed E-state index contributed by atoms with van der Waals surface area (Å²) < 4.78 is 5.26.